The van der Waals surface area contributed by atoms with Gasteiger partial charge in [0, 0.05) is 12.6 Å². The number of rotatable bonds is 4. The van der Waals surface area contributed by atoms with Gasteiger partial charge < -0.3 is 10.1 Å². The number of ether oxygens (including phenoxy) is 1. The van der Waals surface area contributed by atoms with Crippen LogP contribution in [0.25, 0.3) is 0 Å². The molecule has 19 heavy (non-hydrogen) atoms. The maximum atomic E-state index is 12.1. The molecule has 7 heteroatoms. The lowest BCUT2D eigenvalue weighted by Gasteiger charge is -2.12. The van der Waals surface area contributed by atoms with Crippen molar-refractivity contribution < 1.29 is 17.9 Å². The van der Waals surface area contributed by atoms with Crippen LogP contribution in [0.5, 0.6) is 0 Å². The zero-order valence-corrected chi connectivity index (χ0v) is 11.4. The van der Waals surface area contributed by atoms with Gasteiger partial charge in [0.1, 0.15) is 0 Å². The zero-order chi connectivity index (χ0) is 13.9. The summed E-state index contributed by atoms with van der Waals surface area (Å²) < 4.78 is 31.4. The molecule has 1 atom stereocenters. The average Bonchev–Trinajstić information content (AvgIpc) is 2.90. The van der Waals surface area contributed by atoms with Gasteiger partial charge in [-0.25, -0.2) is 17.9 Å². The minimum atomic E-state index is -3.54. The lowest BCUT2D eigenvalue weighted by atomic mass is 10.2. The molecular weight excluding hydrogens is 268 g/mol. The quantitative estimate of drug-likeness (QED) is 0.767. The molecule has 1 aliphatic heterocycles. The van der Waals surface area contributed by atoms with Crippen LogP contribution >= 0.6 is 0 Å². The molecular formula is C12H16N2O4S. The molecule has 1 unspecified atom stereocenters. The Bertz CT molecular complexity index is 548. The van der Waals surface area contributed by atoms with Gasteiger partial charge in [0.05, 0.1) is 17.6 Å². The first-order valence-corrected chi connectivity index (χ1v) is 7.42. The van der Waals surface area contributed by atoms with Gasteiger partial charge in [-0.3, -0.25) is 0 Å². The fraction of sp³-hybridized carbons (Fsp3) is 0.417. The van der Waals surface area contributed by atoms with E-state index in [0.717, 1.165) is 13.0 Å². The van der Waals surface area contributed by atoms with Crippen LogP contribution < -0.4 is 10.0 Å². The highest BCUT2D eigenvalue weighted by Crippen LogP contribution is 2.13. The van der Waals surface area contributed by atoms with Crippen LogP contribution in [0.3, 0.4) is 0 Å². The van der Waals surface area contributed by atoms with E-state index < -0.39 is 16.0 Å². The molecule has 0 radical (unpaired) electrons. The number of sulfonamides is 1. The number of hydrogen-bond acceptors (Lipinski definition) is 5. The third kappa shape index (κ3) is 3.31. The highest BCUT2D eigenvalue weighted by Gasteiger charge is 2.22. The van der Waals surface area contributed by atoms with E-state index in [0.29, 0.717) is 12.1 Å². The Morgan fingerprint density at radius 1 is 1.37 bits per heavy atom. The van der Waals surface area contributed by atoms with Gasteiger partial charge in [0.2, 0.25) is 10.0 Å². The molecule has 1 aliphatic rings. The molecule has 0 aromatic heterocycles. The summed E-state index contributed by atoms with van der Waals surface area (Å²) >= 11 is 0. The molecule has 2 N–H and O–H groups in total. The predicted octanol–water partition coefficient (Wildman–Crippen LogP) is 0.113. The van der Waals surface area contributed by atoms with E-state index in [1.807, 2.05) is 0 Å². The van der Waals surface area contributed by atoms with Gasteiger partial charge >= 0.3 is 5.97 Å². The number of benzene rings is 1. The summed E-state index contributed by atoms with van der Waals surface area (Å²) in [5.74, 6) is -0.489. The first kappa shape index (κ1) is 14.0. The van der Waals surface area contributed by atoms with Gasteiger partial charge in [0.25, 0.3) is 0 Å². The van der Waals surface area contributed by atoms with Crippen molar-refractivity contribution in [1.82, 2.24) is 10.0 Å². The topological polar surface area (TPSA) is 84.5 Å². The fourth-order valence-electron chi connectivity index (χ4n) is 1.93. The molecule has 1 aromatic carbocycles. The van der Waals surface area contributed by atoms with Crippen LogP contribution in [0, 0.1) is 0 Å². The lowest BCUT2D eigenvalue weighted by molar-refractivity contribution is 0.0600. The van der Waals surface area contributed by atoms with Crippen molar-refractivity contribution in [1.29, 1.82) is 0 Å². The van der Waals surface area contributed by atoms with Crippen LogP contribution in [-0.2, 0) is 14.8 Å². The molecule has 0 bridgehead atoms. The summed E-state index contributed by atoms with van der Waals surface area (Å²) in [7, 11) is -2.26. The Balaban J connectivity index is 2.14. The summed E-state index contributed by atoms with van der Waals surface area (Å²) in [4.78, 5) is 11.4. The largest absolute Gasteiger partial charge is 0.465 e. The van der Waals surface area contributed by atoms with E-state index in [-0.39, 0.29) is 10.9 Å². The molecule has 0 saturated carbocycles. The summed E-state index contributed by atoms with van der Waals surface area (Å²) in [6, 6.07) is 5.60. The van der Waals surface area contributed by atoms with E-state index in [9.17, 15) is 13.2 Å². The number of nitrogens with one attached hydrogen (secondary N) is 2. The number of methoxy groups -OCH3 is 1. The van der Waals surface area contributed by atoms with Gasteiger partial charge in [0.15, 0.2) is 0 Å². The van der Waals surface area contributed by atoms with E-state index in [2.05, 4.69) is 14.8 Å². The summed E-state index contributed by atoms with van der Waals surface area (Å²) in [6.45, 7) is 1.45. The van der Waals surface area contributed by atoms with E-state index in [4.69, 9.17) is 0 Å². The van der Waals surface area contributed by atoms with Crippen LogP contribution in [-0.4, -0.2) is 40.6 Å². The van der Waals surface area contributed by atoms with Crippen molar-refractivity contribution in [3.63, 3.8) is 0 Å². The molecule has 0 aliphatic carbocycles. The van der Waals surface area contributed by atoms with Gasteiger partial charge in [-0.05, 0) is 37.2 Å². The van der Waals surface area contributed by atoms with Gasteiger partial charge in [-0.15, -0.1) is 0 Å². The minimum absolute atomic E-state index is 0.0784. The Hall–Kier alpha value is -1.44. The highest BCUT2D eigenvalue weighted by molar-refractivity contribution is 7.89. The van der Waals surface area contributed by atoms with Crippen molar-refractivity contribution in [2.75, 3.05) is 20.2 Å². The highest BCUT2D eigenvalue weighted by atomic mass is 32.2. The van der Waals surface area contributed by atoms with Gasteiger partial charge in [-0.2, -0.15) is 0 Å². The summed E-state index contributed by atoms with van der Waals surface area (Å²) in [5.41, 5.74) is 0.323. The van der Waals surface area contributed by atoms with Crippen molar-refractivity contribution in [2.45, 2.75) is 17.4 Å². The molecule has 1 heterocycles. The average molecular weight is 284 g/mol. The van der Waals surface area contributed by atoms with Crippen LogP contribution in [0.1, 0.15) is 16.8 Å². The SMILES string of the molecule is COC(=O)c1ccc(S(=O)(=O)NC2CCNC2)cc1. The monoisotopic (exact) mass is 284 g/mol. The van der Waals surface area contributed by atoms with Crippen molar-refractivity contribution in [3.8, 4) is 0 Å². The standard InChI is InChI=1S/C12H16N2O4S/c1-18-12(15)9-2-4-11(5-3-9)19(16,17)14-10-6-7-13-8-10/h2-5,10,13-14H,6-8H2,1H3. The molecule has 1 saturated heterocycles. The first-order valence-electron chi connectivity index (χ1n) is 5.94. The number of hydrogen-bond donors (Lipinski definition) is 2. The zero-order valence-electron chi connectivity index (χ0n) is 10.5. The Morgan fingerprint density at radius 3 is 2.58 bits per heavy atom. The van der Waals surface area contributed by atoms with Crippen molar-refractivity contribution in [2.24, 2.45) is 0 Å². The maximum Gasteiger partial charge on any atom is 0.337 e. The Morgan fingerprint density at radius 2 is 2.05 bits per heavy atom. The van der Waals surface area contributed by atoms with Gasteiger partial charge in [-0.1, -0.05) is 0 Å². The molecule has 1 aromatic rings. The number of carbonyl (C=O) groups excluding carboxylic acids is 1. The Kier molecular flexibility index (Phi) is 4.18. The third-order valence-electron chi connectivity index (χ3n) is 2.97. The smallest absolute Gasteiger partial charge is 0.337 e. The maximum absolute atomic E-state index is 12.1. The molecule has 1 fully saturated rings. The molecule has 6 nitrogen and oxygen atoms in total. The van der Waals surface area contributed by atoms with Crippen molar-refractivity contribution >= 4 is 16.0 Å². The summed E-state index contributed by atoms with van der Waals surface area (Å²) in [5, 5.41) is 3.09. The van der Waals surface area contributed by atoms with E-state index >= 15 is 0 Å². The normalized spacial score (nSPS) is 19.3. The number of esters is 1. The van der Waals surface area contributed by atoms with Crippen LogP contribution in [0.15, 0.2) is 29.2 Å². The Labute approximate surface area is 112 Å². The fourth-order valence-corrected chi connectivity index (χ4v) is 3.20. The lowest BCUT2D eigenvalue weighted by Crippen LogP contribution is -2.36. The second-order valence-corrected chi connectivity index (χ2v) is 6.04. The minimum Gasteiger partial charge on any atom is -0.465 e. The second kappa shape index (κ2) is 5.68. The van der Waals surface area contributed by atoms with E-state index in [1.165, 1.54) is 31.4 Å². The molecule has 0 amide bonds. The van der Waals surface area contributed by atoms with Crippen LogP contribution in [0.2, 0.25) is 0 Å². The molecule has 104 valence electrons. The molecule has 2 rings (SSSR count). The molecule has 0 spiro atoms. The van der Waals surface area contributed by atoms with Crippen molar-refractivity contribution in [3.05, 3.63) is 29.8 Å². The van der Waals surface area contributed by atoms with Crippen LogP contribution in [0.4, 0.5) is 0 Å². The first-order chi connectivity index (χ1) is 9.03. The predicted molar refractivity (Wildman–Crippen MR) is 69.4 cm³/mol. The third-order valence-corrected chi connectivity index (χ3v) is 4.50. The summed E-state index contributed by atoms with van der Waals surface area (Å²) in [6.07, 6.45) is 0.777. The second-order valence-electron chi connectivity index (χ2n) is 4.33. The van der Waals surface area contributed by atoms with E-state index in [1.54, 1.807) is 0 Å². The number of carbonyl (C=O) groups is 1.